The summed E-state index contributed by atoms with van der Waals surface area (Å²) in [7, 11) is 0. The molecule has 0 aromatic heterocycles. The molecule has 2 unspecified atom stereocenters. The maximum atomic E-state index is 10.6. The molecule has 6 nitrogen and oxygen atoms in total. The summed E-state index contributed by atoms with van der Waals surface area (Å²) in [6.07, 6.45) is 17.2. The van der Waals surface area contributed by atoms with E-state index in [0.717, 1.165) is 6.42 Å². The lowest BCUT2D eigenvalue weighted by molar-refractivity contribution is -0.141. The first-order valence-electron chi connectivity index (χ1n) is 11.0. The van der Waals surface area contributed by atoms with Crippen LogP contribution in [-0.4, -0.2) is 44.6 Å². The summed E-state index contributed by atoms with van der Waals surface area (Å²) in [5, 5.41) is 36.4. The van der Waals surface area contributed by atoms with Crippen LogP contribution in [0.15, 0.2) is 23.8 Å². The molecule has 2 rings (SSSR count). The second-order valence-electron chi connectivity index (χ2n) is 8.92. The summed E-state index contributed by atoms with van der Waals surface area (Å²) in [5.74, 6) is 0.271. The Balaban J connectivity index is 0.000000970. The van der Waals surface area contributed by atoms with Crippen LogP contribution in [0.1, 0.15) is 66.2 Å². The lowest BCUT2D eigenvalue weighted by atomic mass is 9.66. The number of allylic oxidation sites excluding steroid dienone is 4. The van der Waals surface area contributed by atoms with Crippen LogP contribution in [0, 0.1) is 42.4 Å². The van der Waals surface area contributed by atoms with Gasteiger partial charge in [0.1, 0.15) is 0 Å². The zero-order valence-electron chi connectivity index (χ0n) is 19.3. The molecule has 31 heavy (non-hydrogen) atoms. The summed E-state index contributed by atoms with van der Waals surface area (Å²) in [4.78, 5) is 20.3. The second kappa shape index (κ2) is 14.8. The normalized spacial score (nSPS) is 26.2. The highest BCUT2D eigenvalue weighted by atomic mass is 16.4. The average Bonchev–Trinajstić information content (AvgIpc) is 2.68. The molecule has 0 saturated carbocycles. The van der Waals surface area contributed by atoms with Crippen LogP contribution in [0.5, 0.6) is 0 Å². The highest BCUT2D eigenvalue weighted by Gasteiger charge is 2.33. The van der Waals surface area contributed by atoms with Gasteiger partial charge in [-0.1, -0.05) is 45.9 Å². The molecule has 4 N–H and O–H groups in total. The molecule has 176 valence electrons. The van der Waals surface area contributed by atoms with Gasteiger partial charge in [-0.15, -0.1) is 12.8 Å². The monoisotopic (exact) mass is 436 g/mol. The first-order chi connectivity index (χ1) is 14.5. The van der Waals surface area contributed by atoms with Crippen LogP contribution in [0.25, 0.3) is 0 Å². The van der Waals surface area contributed by atoms with E-state index in [1.54, 1.807) is 13.8 Å². The van der Waals surface area contributed by atoms with Crippen molar-refractivity contribution in [3.8, 4) is 12.8 Å². The number of aliphatic carboxylic acids is 2. The number of terminal acetylenes is 1. The number of aliphatic hydroxyl groups is 2. The van der Waals surface area contributed by atoms with E-state index in [1.165, 1.54) is 18.4 Å². The number of hydrogen-bond donors (Lipinski definition) is 4. The molecular formula is C25H40O6. The maximum Gasteiger partial charge on any atom is 0.305 e. The zero-order chi connectivity index (χ0) is 24.1. The Kier molecular flexibility index (Phi) is 13.8. The van der Waals surface area contributed by atoms with Crippen LogP contribution in [0.4, 0.5) is 0 Å². The quantitative estimate of drug-likeness (QED) is 0.425. The van der Waals surface area contributed by atoms with Gasteiger partial charge >= 0.3 is 11.9 Å². The van der Waals surface area contributed by atoms with Gasteiger partial charge in [-0.05, 0) is 61.3 Å². The van der Waals surface area contributed by atoms with E-state index in [2.05, 4.69) is 44.9 Å². The molecule has 0 radical (unpaired) electrons. The molecule has 0 bridgehead atoms. The fourth-order valence-corrected chi connectivity index (χ4v) is 4.12. The SMILES string of the molecule is C#C.CC(C)C(=O)O.CC1C=C2C=C[C@H](C)[C@H](CC[C@@H](O)C[C@@H](O)CC(=O)O)C2CC1. The standard InChI is InChI=1S/C19H30O4.C4H8O2.C2H2/c1-12-3-7-18-14(9-12)5-4-13(2)17(18)8-6-15(20)10-16(21)11-19(22)23;1-3(2)4(5)6;1-2/h4-5,9,12-13,15-18,20-21H,3,6-8,10-11H2,1-2H3,(H,22,23);3H,1-2H3,(H,5,6);1-2H/t12?,13-,15+,16+,17-,18?;;/m0../s1. The van der Waals surface area contributed by atoms with Crippen molar-refractivity contribution in [2.24, 2.45) is 29.6 Å². The smallest absolute Gasteiger partial charge is 0.305 e. The Labute approximate surface area is 187 Å². The molecule has 0 saturated heterocycles. The van der Waals surface area contributed by atoms with Gasteiger partial charge in [0.2, 0.25) is 0 Å². The molecule has 0 spiro atoms. The van der Waals surface area contributed by atoms with E-state index in [0.29, 0.717) is 30.1 Å². The third-order valence-corrected chi connectivity index (χ3v) is 5.90. The van der Waals surface area contributed by atoms with Gasteiger partial charge in [0.05, 0.1) is 24.5 Å². The average molecular weight is 437 g/mol. The third-order valence-electron chi connectivity index (χ3n) is 5.90. The third kappa shape index (κ3) is 11.2. The molecule has 0 fully saturated rings. The number of rotatable bonds is 8. The van der Waals surface area contributed by atoms with Crippen LogP contribution in [0.2, 0.25) is 0 Å². The van der Waals surface area contributed by atoms with Crippen molar-refractivity contribution in [1.82, 2.24) is 0 Å². The van der Waals surface area contributed by atoms with Gasteiger partial charge in [-0.3, -0.25) is 9.59 Å². The van der Waals surface area contributed by atoms with Crippen LogP contribution in [-0.2, 0) is 9.59 Å². The van der Waals surface area contributed by atoms with E-state index in [-0.39, 0.29) is 18.8 Å². The number of aliphatic hydroxyl groups excluding tert-OH is 2. The van der Waals surface area contributed by atoms with Crippen LogP contribution < -0.4 is 0 Å². The lowest BCUT2D eigenvalue weighted by Gasteiger charge is -2.39. The van der Waals surface area contributed by atoms with Gasteiger partial charge in [0.15, 0.2) is 0 Å². The Morgan fingerprint density at radius 3 is 2.19 bits per heavy atom. The number of hydrogen-bond acceptors (Lipinski definition) is 4. The minimum Gasteiger partial charge on any atom is -0.481 e. The highest BCUT2D eigenvalue weighted by Crippen LogP contribution is 2.43. The van der Waals surface area contributed by atoms with Crippen molar-refractivity contribution in [3.05, 3.63) is 23.8 Å². The number of carboxylic acids is 2. The molecule has 6 heteroatoms. The van der Waals surface area contributed by atoms with E-state index in [9.17, 15) is 19.8 Å². The molecule has 0 heterocycles. The topological polar surface area (TPSA) is 115 Å². The van der Waals surface area contributed by atoms with Gasteiger partial charge in [0.25, 0.3) is 0 Å². The minimum atomic E-state index is -1.03. The van der Waals surface area contributed by atoms with Gasteiger partial charge < -0.3 is 20.4 Å². The largest absolute Gasteiger partial charge is 0.481 e. The zero-order valence-corrected chi connectivity index (χ0v) is 19.3. The lowest BCUT2D eigenvalue weighted by Crippen LogP contribution is -2.30. The van der Waals surface area contributed by atoms with Crippen LogP contribution >= 0.6 is 0 Å². The summed E-state index contributed by atoms with van der Waals surface area (Å²) >= 11 is 0. The number of carboxylic acid groups (broad SMARTS) is 2. The molecule has 2 aliphatic carbocycles. The van der Waals surface area contributed by atoms with E-state index < -0.39 is 24.1 Å². The van der Waals surface area contributed by atoms with Crippen LogP contribution in [0.3, 0.4) is 0 Å². The van der Waals surface area contributed by atoms with Gasteiger partial charge in [-0.2, -0.15) is 0 Å². The first-order valence-corrected chi connectivity index (χ1v) is 11.0. The van der Waals surface area contributed by atoms with Crippen molar-refractivity contribution in [2.45, 2.75) is 78.4 Å². The van der Waals surface area contributed by atoms with Crippen molar-refractivity contribution >= 4 is 11.9 Å². The number of fused-ring (bicyclic) bond motifs is 1. The van der Waals surface area contributed by atoms with Crippen molar-refractivity contribution in [3.63, 3.8) is 0 Å². The highest BCUT2D eigenvalue weighted by molar-refractivity contribution is 5.68. The maximum absolute atomic E-state index is 10.6. The molecule has 0 aliphatic heterocycles. The molecule has 0 amide bonds. The molecule has 6 atom stereocenters. The van der Waals surface area contributed by atoms with E-state index >= 15 is 0 Å². The Bertz CT molecular complexity index is 633. The fourth-order valence-electron chi connectivity index (χ4n) is 4.12. The first kappa shape index (κ1) is 28.9. The summed E-state index contributed by atoms with van der Waals surface area (Å²) in [5.41, 5.74) is 1.45. The molecule has 2 aliphatic rings. The molecule has 0 aromatic carbocycles. The summed E-state index contributed by atoms with van der Waals surface area (Å²) < 4.78 is 0. The Morgan fingerprint density at radius 2 is 1.68 bits per heavy atom. The Hall–Kier alpha value is -2.10. The second-order valence-corrected chi connectivity index (χ2v) is 8.92. The minimum absolute atomic E-state index is 0.146. The van der Waals surface area contributed by atoms with E-state index in [4.69, 9.17) is 10.2 Å². The van der Waals surface area contributed by atoms with Gasteiger partial charge in [-0.25, -0.2) is 0 Å². The predicted molar refractivity (Wildman–Crippen MR) is 122 cm³/mol. The summed E-state index contributed by atoms with van der Waals surface area (Å²) in [6.45, 7) is 7.78. The van der Waals surface area contributed by atoms with Crippen molar-refractivity contribution < 1.29 is 30.0 Å². The Morgan fingerprint density at radius 1 is 1.10 bits per heavy atom. The number of carbonyl (C=O) groups is 2. The predicted octanol–water partition coefficient (Wildman–Crippen LogP) is 4.12. The molecular weight excluding hydrogens is 396 g/mol. The fraction of sp³-hybridized carbons (Fsp3) is 0.680. The van der Waals surface area contributed by atoms with E-state index in [1.807, 2.05) is 0 Å². The van der Waals surface area contributed by atoms with Crippen molar-refractivity contribution in [2.75, 3.05) is 0 Å². The summed E-state index contributed by atoms with van der Waals surface area (Å²) in [6, 6.07) is 0. The van der Waals surface area contributed by atoms with Gasteiger partial charge in [0, 0.05) is 0 Å². The van der Waals surface area contributed by atoms with Crippen molar-refractivity contribution in [1.29, 1.82) is 0 Å². The molecule has 0 aromatic rings.